The standard InChI is InChI=1S/C18H32N2O3/c1-5-22-16-10-13(11-16)19-12-8-14-6-7-15(9-12)20(14)17(21)23-18(2,3)4/h12-16,19H,5-11H2,1-4H3. The molecular weight excluding hydrogens is 292 g/mol. The molecule has 0 aromatic heterocycles. The van der Waals surface area contributed by atoms with Gasteiger partial charge < -0.3 is 19.7 Å². The molecule has 1 aliphatic carbocycles. The Morgan fingerprint density at radius 2 is 1.65 bits per heavy atom. The van der Waals surface area contributed by atoms with Gasteiger partial charge in [-0.25, -0.2) is 4.79 Å². The van der Waals surface area contributed by atoms with Crippen molar-refractivity contribution in [2.45, 2.75) is 102 Å². The van der Waals surface area contributed by atoms with E-state index in [9.17, 15) is 4.79 Å². The highest BCUT2D eigenvalue weighted by Crippen LogP contribution is 2.37. The lowest BCUT2D eigenvalue weighted by atomic mass is 9.87. The van der Waals surface area contributed by atoms with Gasteiger partial charge >= 0.3 is 6.09 Å². The van der Waals surface area contributed by atoms with Crippen molar-refractivity contribution in [3.63, 3.8) is 0 Å². The minimum Gasteiger partial charge on any atom is -0.444 e. The third-order valence-electron chi connectivity index (χ3n) is 5.31. The van der Waals surface area contributed by atoms with Crippen LogP contribution in [0.15, 0.2) is 0 Å². The summed E-state index contributed by atoms with van der Waals surface area (Å²) in [4.78, 5) is 14.5. The summed E-state index contributed by atoms with van der Waals surface area (Å²) < 4.78 is 11.2. The normalized spacial score (nSPS) is 36.7. The molecule has 2 unspecified atom stereocenters. The minimum atomic E-state index is -0.411. The molecule has 2 heterocycles. The first-order valence-electron chi connectivity index (χ1n) is 9.24. The van der Waals surface area contributed by atoms with Crippen LogP contribution in [0.3, 0.4) is 0 Å². The zero-order chi connectivity index (χ0) is 16.6. The number of fused-ring (bicyclic) bond motifs is 2. The van der Waals surface area contributed by atoms with Gasteiger partial charge in [-0.2, -0.15) is 0 Å². The second kappa shape index (κ2) is 6.60. The van der Waals surface area contributed by atoms with Crippen LogP contribution >= 0.6 is 0 Å². The Hall–Kier alpha value is -0.810. The maximum atomic E-state index is 12.5. The van der Waals surface area contributed by atoms with Gasteiger partial charge in [0.25, 0.3) is 0 Å². The number of amides is 1. The number of carbonyl (C=O) groups is 1. The summed E-state index contributed by atoms with van der Waals surface area (Å²) in [5.74, 6) is 0. The highest BCUT2D eigenvalue weighted by atomic mass is 16.6. The van der Waals surface area contributed by atoms with Crippen molar-refractivity contribution in [3.8, 4) is 0 Å². The average molecular weight is 324 g/mol. The molecule has 1 saturated carbocycles. The summed E-state index contributed by atoms with van der Waals surface area (Å²) in [6.07, 6.45) is 6.96. The Labute approximate surface area is 140 Å². The number of piperidine rings is 1. The summed E-state index contributed by atoms with van der Waals surface area (Å²) in [6.45, 7) is 8.69. The largest absolute Gasteiger partial charge is 0.444 e. The maximum Gasteiger partial charge on any atom is 0.410 e. The molecule has 1 N–H and O–H groups in total. The van der Waals surface area contributed by atoms with Crippen LogP contribution in [0.2, 0.25) is 0 Å². The topological polar surface area (TPSA) is 50.8 Å². The van der Waals surface area contributed by atoms with E-state index in [1.807, 2.05) is 25.7 Å². The molecule has 132 valence electrons. The summed E-state index contributed by atoms with van der Waals surface area (Å²) in [7, 11) is 0. The number of rotatable bonds is 4. The van der Waals surface area contributed by atoms with E-state index in [0.717, 1.165) is 45.1 Å². The van der Waals surface area contributed by atoms with E-state index in [1.54, 1.807) is 0 Å². The fourth-order valence-corrected chi connectivity index (χ4v) is 4.33. The predicted molar refractivity (Wildman–Crippen MR) is 89.5 cm³/mol. The molecule has 5 heteroatoms. The van der Waals surface area contributed by atoms with Crippen molar-refractivity contribution in [2.75, 3.05) is 6.61 Å². The SMILES string of the molecule is CCOC1CC(NC2CC3CCC(C2)N3C(=O)OC(C)(C)C)C1. The fraction of sp³-hybridized carbons (Fsp3) is 0.944. The van der Waals surface area contributed by atoms with Crippen LogP contribution in [-0.2, 0) is 9.47 Å². The molecular formula is C18H32N2O3. The highest BCUT2D eigenvalue weighted by molar-refractivity contribution is 5.69. The van der Waals surface area contributed by atoms with Crippen LogP contribution in [0, 0.1) is 0 Å². The molecule has 0 aromatic rings. The third-order valence-corrected chi connectivity index (χ3v) is 5.31. The van der Waals surface area contributed by atoms with Crippen LogP contribution in [0.4, 0.5) is 4.79 Å². The van der Waals surface area contributed by atoms with Crippen molar-refractivity contribution in [1.82, 2.24) is 10.2 Å². The van der Waals surface area contributed by atoms with E-state index in [1.165, 1.54) is 0 Å². The minimum absolute atomic E-state index is 0.122. The van der Waals surface area contributed by atoms with E-state index in [-0.39, 0.29) is 6.09 Å². The zero-order valence-corrected chi connectivity index (χ0v) is 15.0. The molecule has 0 aromatic carbocycles. The van der Waals surface area contributed by atoms with Gasteiger partial charge in [-0.15, -0.1) is 0 Å². The molecule has 2 atom stereocenters. The molecule has 3 fully saturated rings. The van der Waals surface area contributed by atoms with Gasteiger partial charge in [0.05, 0.1) is 6.10 Å². The number of nitrogens with zero attached hydrogens (tertiary/aromatic N) is 1. The van der Waals surface area contributed by atoms with Crippen LogP contribution in [-0.4, -0.2) is 53.5 Å². The molecule has 3 rings (SSSR count). The Morgan fingerprint density at radius 1 is 1.09 bits per heavy atom. The van der Waals surface area contributed by atoms with Crippen molar-refractivity contribution in [3.05, 3.63) is 0 Å². The summed E-state index contributed by atoms with van der Waals surface area (Å²) in [5.41, 5.74) is -0.411. The van der Waals surface area contributed by atoms with Crippen molar-refractivity contribution >= 4 is 6.09 Å². The molecule has 0 spiro atoms. The van der Waals surface area contributed by atoms with Gasteiger partial charge in [0.1, 0.15) is 5.60 Å². The van der Waals surface area contributed by atoms with Crippen LogP contribution in [0.1, 0.15) is 66.2 Å². The third kappa shape index (κ3) is 4.00. The maximum absolute atomic E-state index is 12.5. The van der Waals surface area contributed by atoms with Crippen LogP contribution < -0.4 is 5.32 Å². The molecule has 1 amide bonds. The Bertz CT molecular complexity index is 414. The first-order valence-corrected chi connectivity index (χ1v) is 9.24. The molecule has 5 nitrogen and oxygen atoms in total. The van der Waals surface area contributed by atoms with Crippen molar-refractivity contribution in [1.29, 1.82) is 0 Å². The average Bonchev–Trinajstić information content (AvgIpc) is 2.66. The Morgan fingerprint density at radius 3 is 2.17 bits per heavy atom. The second-order valence-corrected chi connectivity index (χ2v) is 8.35. The highest BCUT2D eigenvalue weighted by Gasteiger charge is 2.45. The lowest BCUT2D eigenvalue weighted by Crippen LogP contribution is -2.56. The van der Waals surface area contributed by atoms with Gasteiger partial charge in [-0.05, 0) is 66.2 Å². The number of hydrogen-bond donors (Lipinski definition) is 1. The van der Waals surface area contributed by atoms with Crippen LogP contribution in [0.25, 0.3) is 0 Å². The summed E-state index contributed by atoms with van der Waals surface area (Å²) >= 11 is 0. The molecule has 0 radical (unpaired) electrons. The first kappa shape index (κ1) is 17.0. The van der Waals surface area contributed by atoms with E-state index in [4.69, 9.17) is 9.47 Å². The van der Waals surface area contributed by atoms with Gasteiger partial charge in [0.15, 0.2) is 0 Å². The lowest BCUT2D eigenvalue weighted by molar-refractivity contribution is -0.0188. The predicted octanol–water partition coefficient (Wildman–Crippen LogP) is 3.07. The molecule has 23 heavy (non-hydrogen) atoms. The monoisotopic (exact) mass is 324 g/mol. The van der Waals surface area contributed by atoms with Gasteiger partial charge in [0.2, 0.25) is 0 Å². The van der Waals surface area contributed by atoms with E-state index >= 15 is 0 Å². The van der Waals surface area contributed by atoms with Gasteiger partial charge in [-0.3, -0.25) is 0 Å². The number of carbonyl (C=O) groups excluding carboxylic acids is 1. The molecule has 3 aliphatic rings. The van der Waals surface area contributed by atoms with Crippen LogP contribution in [0.5, 0.6) is 0 Å². The lowest BCUT2D eigenvalue weighted by Gasteiger charge is -2.43. The Balaban J connectivity index is 1.48. The molecule has 2 aliphatic heterocycles. The van der Waals surface area contributed by atoms with Gasteiger partial charge in [-0.1, -0.05) is 0 Å². The van der Waals surface area contributed by atoms with Crippen molar-refractivity contribution < 1.29 is 14.3 Å². The quantitative estimate of drug-likeness (QED) is 0.863. The van der Waals surface area contributed by atoms with Crippen molar-refractivity contribution in [2.24, 2.45) is 0 Å². The number of hydrogen-bond acceptors (Lipinski definition) is 4. The van der Waals surface area contributed by atoms with E-state index in [2.05, 4.69) is 12.2 Å². The smallest absolute Gasteiger partial charge is 0.410 e. The first-order chi connectivity index (χ1) is 10.9. The van der Waals surface area contributed by atoms with E-state index in [0.29, 0.717) is 30.3 Å². The summed E-state index contributed by atoms with van der Waals surface area (Å²) in [5, 5.41) is 3.79. The second-order valence-electron chi connectivity index (χ2n) is 8.35. The van der Waals surface area contributed by atoms with Gasteiger partial charge in [0, 0.05) is 30.8 Å². The van der Waals surface area contributed by atoms with E-state index < -0.39 is 5.60 Å². The summed E-state index contributed by atoms with van der Waals surface area (Å²) in [6, 6.07) is 1.84. The fourth-order valence-electron chi connectivity index (χ4n) is 4.33. The number of ether oxygens (including phenoxy) is 2. The molecule has 2 saturated heterocycles. The number of nitrogens with one attached hydrogen (secondary N) is 1. The Kier molecular flexibility index (Phi) is 4.88. The zero-order valence-electron chi connectivity index (χ0n) is 15.0. The molecule has 2 bridgehead atoms.